The van der Waals surface area contributed by atoms with Gasteiger partial charge in [0.05, 0.1) is 14.2 Å². The summed E-state index contributed by atoms with van der Waals surface area (Å²) in [6.07, 6.45) is 0. The Kier molecular flexibility index (Phi) is 5.05. The predicted octanol–water partition coefficient (Wildman–Crippen LogP) is 3.68. The molecule has 0 aliphatic heterocycles. The van der Waals surface area contributed by atoms with E-state index in [1.807, 2.05) is 0 Å². The summed E-state index contributed by atoms with van der Waals surface area (Å²) in [6, 6.07) is 4.78. The van der Waals surface area contributed by atoms with Crippen LogP contribution in [0.15, 0.2) is 18.2 Å². The molecule has 22 heavy (non-hydrogen) atoms. The fourth-order valence-electron chi connectivity index (χ4n) is 1.72. The Balaban J connectivity index is 2.50. The van der Waals surface area contributed by atoms with Crippen LogP contribution in [0.5, 0.6) is 17.4 Å². The smallest absolute Gasteiger partial charge is 0.343 e. The quantitative estimate of drug-likeness (QED) is 0.789. The number of esters is 1. The molecule has 1 aromatic heterocycles. The number of methoxy groups -OCH3 is 2. The van der Waals surface area contributed by atoms with Gasteiger partial charge < -0.3 is 14.2 Å². The summed E-state index contributed by atoms with van der Waals surface area (Å²) in [5, 5.41) is 8.12. The number of rotatable bonds is 4. The number of nitrogens with zero attached hydrogens (tertiary/aromatic N) is 2. The first-order valence-electron chi connectivity index (χ1n) is 6.10. The number of carbonyl (C=O) groups is 1. The van der Waals surface area contributed by atoms with E-state index in [2.05, 4.69) is 10.2 Å². The van der Waals surface area contributed by atoms with Crippen LogP contribution in [0.4, 0.5) is 0 Å². The normalized spacial score (nSPS) is 10.2. The van der Waals surface area contributed by atoms with E-state index in [-0.39, 0.29) is 16.6 Å². The van der Waals surface area contributed by atoms with Crippen LogP contribution < -0.4 is 9.47 Å². The van der Waals surface area contributed by atoms with E-state index in [1.165, 1.54) is 14.2 Å². The van der Waals surface area contributed by atoms with Crippen molar-refractivity contribution in [2.45, 2.75) is 6.92 Å². The van der Waals surface area contributed by atoms with E-state index in [1.54, 1.807) is 25.1 Å². The van der Waals surface area contributed by atoms with Crippen LogP contribution in [0.2, 0.25) is 10.2 Å². The Morgan fingerprint density at radius 1 is 1.14 bits per heavy atom. The minimum Gasteiger partial charge on any atom is -0.493 e. The van der Waals surface area contributed by atoms with E-state index in [9.17, 15) is 4.79 Å². The molecule has 0 N–H and O–H groups in total. The molecular formula is C14H12Cl2N2O4. The molecular weight excluding hydrogens is 331 g/mol. The minimum atomic E-state index is -0.628. The maximum Gasteiger partial charge on any atom is 0.343 e. The number of carbonyl (C=O) groups excluding carboxylic acids is 1. The molecule has 0 fully saturated rings. The van der Waals surface area contributed by atoms with Crippen molar-refractivity contribution in [3.63, 3.8) is 0 Å². The van der Waals surface area contributed by atoms with Gasteiger partial charge in [-0.25, -0.2) is 4.79 Å². The highest BCUT2D eigenvalue weighted by molar-refractivity contribution is 6.31. The van der Waals surface area contributed by atoms with Crippen molar-refractivity contribution < 1.29 is 19.0 Å². The lowest BCUT2D eigenvalue weighted by molar-refractivity contribution is 0.0595. The number of aromatic nitrogens is 2. The lowest BCUT2D eigenvalue weighted by Gasteiger charge is -2.13. The molecule has 0 saturated heterocycles. The van der Waals surface area contributed by atoms with Crippen LogP contribution in [-0.2, 0) is 4.74 Å². The average molecular weight is 343 g/mol. The van der Waals surface area contributed by atoms with Gasteiger partial charge in [-0.15, -0.1) is 10.2 Å². The lowest BCUT2D eigenvalue weighted by atomic mass is 10.2. The van der Waals surface area contributed by atoms with Crippen molar-refractivity contribution in [2.75, 3.05) is 14.2 Å². The summed E-state index contributed by atoms with van der Waals surface area (Å²) in [4.78, 5) is 11.9. The molecule has 8 heteroatoms. The second kappa shape index (κ2) is 6.81. The largest absolute Gasteiger partial charge is 0.493 e. The number of hydrogen-bond donors (Lipinski definition) is 0. The molecule has 1 aromatic carbocycles. The zero-order valence-electron chi connectivity index (χ0n) is 12.0. The molecule has 0 aliphatic rings. The van der Waals surface area contributed by atoms with Gasteiger partial charge in [0.2, 0.25) is 0 Å². The monoisotopic (exact) mass is 342 g/mol. The van der Waals surface area contributed by atoms with Crippen LogP contribution in [0, 0.1) is 6.92 Å². The first-order chi connectivity index (χ1) is 10.5. The first kappa shape index (κ1) is 16.3. The van der Waals surface area contributed by atoms with Crippen LogP contribution in [0.25, 0.3) is 0 Å². The van der Waals surface area contributed by atoms with Gasteiger partial charge in [-0.05, 0) is 19.1 Å². The maximum atomic E-state index is 11.9. The number of halogens is 2. The average Bonchev–Trinajstić information content (AvgIpc) is 2.52. The SMILES string of the molecule is COC(=O)c1c(Oc2ccc(Cl)cc2OC)nnc(Cl)c1C. The summed E-state index contributed by atoms with van der Waals surface area (Å²) < 4.78 is 15.5. The van der Waals surface area contributed by atoms with Crippen LogP contribution in [0.3, 0.4) is 0 Å². The van der Waals surface area contributed by atoms with E-state index in [0.29, 0.717) is 22.1 Å². The fourth-order valence-corrected chi connectivity index (χ4v) is 2.02. The molecule has 0 unspecified atom stereocenters. The molecule has 0 bridgehead atoms. The summed E-state index contributed by atoms with van der Waals surface area (Å²) >= 11 is 11.8. The highest BCUT2D eigenvalue weighted by atomic mass is 35.5. The van der Waals surface area contributed by atoms with Gasteiger partial charge in [0.1, 0.15) is 5.56 Å². The minimum absolute atomic E-state index is 0.0330. The molecule has 116 valence electrons. The second-order valence-electron chi connectivity index (χ2n) is 4.18. The number of benzene rings is 1. The summed E-state index contributed by atoms with van der Waals surface area (Å²) in [7, 11) is 2.72. The van der Waals surface area contributed by atoms with E-state index < -0.39 is 5.97 Å². The van der Waals surface area contributed by atoms with Crippen LogP contribution in [-0.4, -0.2) is 30.4 Å². The third-order valence-electron chi connectivity index (χ3n) is 2.85. The summed E-state index contributed by atoms with van der Waals surface area (Å²) in [6.45, 7) is 1.62. The topological polar surface area (TPSA) is 70.5 Å². The van der Waals surface area contributed by atoms with Gasteiger partial charge in [0, 0.05) is 16.7 Å². The molecule has 0 amide bonds. The van der Waals surface area contributed by atoms with Crippen molar-refractivity contribution in [3.05, 3.63) is 39.5 Å². The Labute approximate surface area is 136 Å². The van der Waals surface area contributed by atoms with Gasteiger partial charge in [0.15, 0.2) is 16.7 Å². The highest BCUT2D eigenvalue weighted by Crippen LogP contribution is 2.35. The van der Waals surface area contributed by atoms with Crippen molar-refractivity contribution >= 4 is 29.2 Å². The van der Waals surface area contributed by atoms with E-state index in [4.69, 9.17) is 37.4 Å². The van der Waals surface area contributed by atoms with Crippen molar-refractivity contribution in [2.24, 2.45) is 0 Å². The van der Waals surface area contributed by atoms with Gasteiger partial charge in [-0.3, -0.25) is 0 Å². The predicted molar refractivity (Wildman–Crippen MR) is 81.2 cm³/mol. The number of ether oxygens (including phenoxy) is 3. The van der Waals surface area contributed by atoms with E-state index in [0.717, 1.165) is 0 Å². The van der Waals surface area contributed by atoms with Crippen molar-refractivity contribution in [1.82, 2.24) is 10.2 Å². The van der Waals surface area contributed by atoms with E-state index >= 15 is 0 Å². The molecule has 0 saturated carbocycles. The van der Waals surface area contributed by atoms with Gasteiger partial charge in [-0.2, -0.15) is 0 Å². The summed E-state index contributed by atoms with van der Waals surface area (Å²) in [5.41, 5.74) is 0.506. The highest BCUT2D eigenvalue weighted by Gasteiger charge is 2.22. The molecule has 0 aliphatic carbocycles. The Hall–Kier alpha value is -2.05. The van der Waals surface area contributed by atoms with Gasteiger partial charge in [0.25, 0.3) is 5.88 Å². The Bertz CT molecular complexity index is 722. The molecule has 0 spiro atoms. The first-order valence-corrected chi connectivity index (χ1v) is 6.86. The van der Waals surface area contributed by atoms with Crippen LogP contribution in [0.1, 0.15) is 15.9 Å². The molecule has 0 atom stereocenters. The second-order valence-corrected chi connectivity index (χ2v) is 4.98. The molecule has 1 heterocycles. The summed E-state index contributed by atoms with van der Waals surface area (Å²) in [5.74, 6) is 0.0531. The van der Waals surface area contributed by atoms with Crippen LogP contribution >= 0.6 is 23.2 Å². The molecule has 0 radical (unpaired) electrons. The molecule has 6 nitrogen and oxygen atoms in total. The standard InChI is InChI=1S/C14H12Cl2N2O4/c1-7-11(14(19)21-3)13(18-17-12(7)16)22-9-5-4-8(15)6-10(9)20-2/h4-6H,1-3H3. The third-order valence-corrected chi connectivity index (χ3v) is 3.44. The Morgan fingerprint density at radius 2 is 1.86 bits per heavy atom. The zero-order valence-corrected chi connectivity index (χ0v) is 13.5. The fraction of sp³-hybridized carbons (Fsp3) is 0.214. The zero-order chi connectivity index (χ0) is 16.3. The Morgan fingerprint density at radius 3 is 2.50 bits per heavy atom. The molecule has 2 aromatic rings. The maximum absolute atomic E-state index is 11.9. The third kappa shape index (κ3) is 3.23. The molecule has 2 rings (SSSR count). The van der Waals surface area contributed by atoms with Gasteiger partial charge >= 0.3 is 5.97 Å². The van der Waals surface area contributed by atoms with Crippen molar-refractivity contribution in [1.29, 1.82) is 0 Å². The van der Waals surface area contributed by atoms with Crippen molar-refractivity contribution in [3.8, 4) is 17.4 Å². The lowest BCUT2D eigenvalue weighted by Crippen LogP contribution is -2.09. The van der Waals surface area contributed by atoms with Gasteiger partial charge in [-0.1, -0.05) is 23.2 Å². The number of hydrogen-bond acceptors (Lipinski definition) is 6.